The van der Waals surface area contributed by atoms with Gasteiger partial charge in [0, 0.05) is 31.9 Å². The number of hydrogen-bond donors (Lipinski definition) is 1. The molecule has 0 bridgehead atoms. The highest BCUT2D eigenvalue weighted by Gasteiger charge is 2.31. The third-order valence-electron chi connectivity index (χ3n) is 4.28. The SMILES string of the molecule is CCC1(CC)CN(c2cn(C)nc2C)CCCN1. The zero-order valence-electron chi connectivity index (χ0n) is 12.2. The van der Waals surface area contributed by atoms with Crippen LogP contribution >= 0.6 is 0 Å². The highest BCUT2D eigenvalue weighted by molar-refractivity contribution is 5.49. The predicted molar refractivity (Wildman–Crippen MR) is 76.1 cm³/mol. The number of nitrogens with zero attached hydrogens (tertiary/aromatic N) is 3. The first kappa shape index (κ1) is 13.4. The molecule has 1 aromatic heterocycles. The fourth-order valence-electron chi connectivity index (χ4n) is 2.95. The maximum Gasteiger partial charge on any atom is 0.0827 e. The van der Waals surface area contributed by atoms with Crippen molar-refractivity contribution in [3.8, 4) is 0 Å². The smallest absolute Gasteiger partial charge is 0.0827 e. The number of aromatic nitrogens is 2. The fourth-order valence-corrected chi connectivity index (χ4v) is 2.95. The molecule has 1 fully saturated rings. The molecule has 2 heterocycles. The lowest BCUT2D eigenvalue weighted by molar-refractivity contribution is 0.321. The molecule has 1 aliphatic rings. The van der Waals surface area contributed by atoms with Crippen molar-refractivity contribution in [1.82, 2.24) is 15.1 Å². The van der Waals surface area contributed by atoms with Crippen molar-refractivity contribution in [2.45, 2.75) is 45.6 Å². The molecule has 4 heteroatoms. The molecule has 0 spiro atoms. The number of nitrogens with one attached hydrogen (secondary N) is 1. The van der Waals surface area contributed by atoms with Gasteiger partial charge in [-0.1, -0.05) is 13.8 Å². The highest BCUT2D eigenvalue weighted by atomic mass is 15.3. The van der Waals surface area contributed by atoms with Crippen molar-refractivity contribution < 1.29 is 0 Å². The molecule has 0 amide bonds. The van der Waals surface area contributed by atoms with Crippen LogP contribution in [-0.4, -0.2) is 35.0 Å². The Bertz CT molecular complexity index is 392. The van der Waals surface area contributed by atoms with Crippen molar-refractivity contribution in [3.63, 3.8) is 0 Å². The molecule has 0 aliphatic carbocycles. The van der Waals surface area contributed by atoms with Crippen LogP contribution < -0.4 is 10.2 Å². The van der Waals surface area contributed by atoms with E-state index in [1.807, 2.05) is 11.7 Å². The van der Waals surface area contributed by atoms with Gasteiger partial charge in [-0.05, 0) is 32.7 Å². The van der Waals surface area contributed by atoms with Gasteiger partial charge >= 0.3 is 0 Å². The lowest BCUT2D eigenvalue weighted by Gasteiger charge is -2.36. The van der Waals surface area contributed by atoms with Crippen LogP contribution in [0.3, 0.4) is 0 Å². The Balaban J connectivity index is 2.24. The summed E-state index contributed by atoms with van der Waals surface area (Å²) in [6.45, 7) is 10.0. The monoisotopic (exact) mass is 250 g/mol. The van der Waals surface area contributed by atoms with E-state index in [4.69, 9.17) is 0 Å². The zero-order valence-corrected chi connectivity index (χ0v) is 12.2. The third-order valence-corrected chi connectivity index (χ3v) is 4.28. The van der Waals surface area contributed by atoms with Crippen molar-refractivity contribution in [2.24, 2.45) is 7.05 Å². The normalized spacial score (nSPS) is 19.9. The molecule has 1 aliphatic heterocycles. The van der Waals surface area contributed by atoms with Gasteiger partial charge in [-0.2, -0.15) is 5.10 Å². The molecule has 0 radical (unpaired) electrons. The maximum absolute atomic E-state index is 4.47. The maximum atomic E-state index is 4.47. The van der Waals surface area contributed by atoms with E-state index in [0.29, 0.717) is 0 Å². The average Bonchev–Trinajstić information content (AvgIpc) is 2.60. The van der Waals surface area contributed by atoms with E-state index in [2.05, 4.69) is 42.3 Å². The van der Waals surface area contributed by atoms with Gasteiger partial charge in [-0.25, -0.2) is 0 Å². The van der Waals surface area contributed by atoms with Crippen LogP contribution in [0.5, 0.6) is 0 Å². The van der Waals surface area contributed by atoms with Crippen molar-refractivity contribution in [1.29, 1.82) is 0 Å². The lowest BCUT2D eigenvalue weighted by Crippen LogP contribution is -2.50. The van der Waals surface area contributed by atoms with Crippen molar-refractivity contribution in [2.75, 3.05) is 24.5 Å². The minimum atomic E-state index is 0.263. The van der Waals surface area contributed by atoms with Crippen LogP contribution in [-0.2, 0) is 7.05 Å². The molecule has 0 saturated carbocycles. The minimum absolute atomic E-state index is 0.263. The highest BCUT2D eigenvalue weighted by Crippen LogP contribution is 2.26. The van der Waals surface area contributed by atoms with Crippen molar-refractivity contribution in [3.05, 3.63) is 11.9 Å². The third kappa shape index (κ3) is 2.53. The molecule has 2 rings (SSSR count). The van der Waals surface area contributed by atoms with Gasteiger partial charge in [-0.15, -0.1) is 0 Å². The molecular weight excluding hydrogens is 224 g/mol. The van der Waals surface area contributed by atoms with Crippen LogP contribution in [0.4, 0.5) is 5.69 Å². The summed E-state index contributed by atoms with van der Waals surface area (Å²) < 4.78 is 1.92. The quantitative estimate of drug-likeness (QED) is 0.891. The van der Waals surface area contributed by atoms with Gasteiger partial charge in [0.05, 0.1) is 11.4 Å². The zero-order chi connectivity index (χ0) is 13.2. The second-order valence-electron chi connectivity index (χ2n) is 5.46. The molecule has 18 heavy (non-hydrogen) atoms. The Morgan fingerprint density at radius 3 is 2.67 bits per heavy atom. The van der Waals surface area contributed by atoms with Crippen LogP contribution in [0.1, 0.15) is 38.8 Å². The summed E-state index contributed by atoms with van der Waals surface area (Å²) in [5, 5.41) is 8.22. The molecule has 0 aromatic carbocycles. The Hall–Kier alpha value is -1.03. The first-order valence-corrected chi connectivity index (χ1v) is 7.10. The Kier molecular flexibility index (Phi) is 3.95. The number of hydrogen-bond acceptors (Lipinski definition) is 3. The summed E-state index contributed by atoms with van der Waals surface area (Å²) in [7, 11) is 2.00. The van der Waals surface area contributed by atoms with Gasteiger partial charge in [0.15, 0.2) is 0 Å². The summed E-state index contributed by atoms with van der Waals surface area (Å²) in [6, 6.07) is 0. The minimum Gasteiger partial charge on any atom is -0.367 e. The van der Waals surface area contributed by atoms with Crippen molar-refractivity contribution >= 4 is 5.69 Å². The van der Waals surface area contributed by atoms with E-state index < -0.39 is 0 Å². The Morgan fingerprint density at radius 2 is 2.11 bits per heavy atom. The summed E-state index contributed by atoms with van der Waals surface area (Å²) in [6.07, 6.45) is 5.71. The molecule has 102 valence electrons. The topological polar surface area (TPSA) is 33.1 Å². The largest absolute Gasteiger partial charge is 0.367 e. The van der Waals surface area contributed by atoms with Gasteiger partial charge in [0.25, 0.3) is 0 Å². The van der Waals surface area contributed by atoms with E-state index >= 15 is 0 Å². The summed E-state index contributed by atoms with van der Waals surface area (Å²) in [5.41, 5.74) is 2.70. The van der Waals surface area contributed by atoms with Crippen LogP contribution in [0.25, 0.3) is 0 Å². The molecule has 1 N–H and O–H groups in total. The Labute approximate surface area is 110 Å². The second-order valence-corrected chi connectivity index (χ2v) is 5.46. The summed E-state index contributed by atoms with van der Waals surface area (Å²) in [5.74, 6) is 0. The first-order valence-electron chi connectivity index (χ1n) is 7.10. The molecule has 1 saturated heterocycles. The molecule has 1 aromatic rings. The number of rotatable bonds is 3. The Morgan fingerprint density at radius 1 is 1.39 bits per heavy atom. The summed E-state index contributed by atoms with van der Waals surface area (Å²) in [4.78, 5) is 2.51. The van der Waals surface area contributed by atoms with E-state index in [9.17, 15) is 0 Å². The lowest BCUT2D eigenvalue weighted by atomic mass is 9.92. The van der Waals surface area contributed by atoms with Gasteiger partial charge in [0.1, 0.15) is 0 Å². The summed E-state index contributed by atoms with van der Waals surface area (Å²) >= 11 is 0. The van der Waals surface area contributed by atoms with Gasteiger partial charge < -0.3 is 10.2 Å². The van der Waals surface area contributed by atoms with E-state index in [1.165, 1.54) is 24.9 Å². The predicted octanol–water partition coefficient (Wildman–Crippen LogP) is 2.09. The van der Waals surface area contributed by atoms with Crippen LogP contribution in [0.2, 0.25) is 0 Å². The first-order chi connectivity index (χ1) is 8.60. The molecular formula is C14H26N4. The molecule has 0 unspecified atom stereocenters. The number of aryl methyl sites for hydroxylation is 2. The van der Waals surface area contributed by atoms with Crippen LogP contribution in [0.15, 0.2) is 6.20 Å². The van der Waals surface area contributed by atoms with E-state index in [-0.39, 0.29) is 5.54 Å². The van der Waals surface area contributed by atoms with Gasteiger partial charge in [-0.3, -0.25) is 4.68 Å². The number of anilines is 1. The van der Waals surface area contributed by atoms with Gasteiger partial charge in [0.2, 0.25) is 0 Å². The van der Waals surface area contributed by atoms with E-state index in [0.717, 1.165) is 25.3 Å². The molecule has 4 nitrogen and oxygen atoms in total. The fraction of sp³-hybridized carbons (Fsp3) is 0.786. The standard InChI is InChI=1S/C14H26N4/c1-5-14(6-2)11-18(9-7-8-15-14)13-10-17(4)16-12(13)3/h10,15H,5-9,11H2,1-4H3. The second kappa shape index (κ2) is 5.31. The van der Waals surface area contributed by atoms with E-state index in [1.54, 1.807) is 0 Å². The molecule has 0 atom stereocenters. The average molecular weight is 250 g/mol. The van der Waals surface area contributed by atoms with Crippen LogP contribution in [0, 0.1) is 6.92 Å².